The topological polar surface area (TPSA) is 96.0 Å². The van der Waals surface area contributed by atoms with Gasteiger partial charge in [-0.3, -0.25) is 14.4 Å². The van der Waals surface area contributed by atoms with Crippen LogP contribution in [0.25, 0.3) is 0 Å². The number of carbonyl (C=O) groups is 4. The fraction of sp³-hybridized carbons (Fsp3) is 0.667. The molecule has 2 unspecified atom stereocenters. The molecule has 4 aliphatic rings. The lowest BCUT2D eigenvalue weighted by Gasteiger charge is -2.40. The average Bonchev–Trinajstić information content (AvgIpc) is 3.46. The minimum atomic E-state index is -1.00. The zero-order chi connectivity index (χ0) is 26.5. The Morgan fingerprint density at radius 3 is 2.35 bits per heavy atom. The van der Waals surface area contributed by atoms with Gasteiger partial charge >= 0.3 is 17.9 Å². The summed E-state index contributed by atoms with van der Waals surface area (Å²) in [4.78, 5) is 52.5. The summed E-state index contributed by atoms with van der Waals surface area (Å²) in [6, 6.07) is 8.66. The smallest absolute Gasteiger partial charge is 0.338 e. The Labute approximate surface area is 218 Å². The molecular weight excluding hydrogens is 472 g/mol. The largest absolute Gasteiger partial charge is 0.468 e. The fourth-order valence-electron chi connectivity index (χ4n) is 8.25. The first-order chi connectivity index (χ1) is 17.7. The molecule has 0 saturated heterocycles. The van der Waals surface area contributed by atoms with Crippen molar-refractivity contribution in [3.05, 3.63) is 35.9 Å². The summed E-state index contributed by atoms with van der Waals surface area (Å²) < 4.78 is 17.2. The Hall–Kier alpha value is -2.70. The van der Waals surface area contributed by atoms with E-state index in [2.05, 4.69) is 6.92 Å². The number of hydrogen-bond acceptors (Lipinski definition) is 7. The highest BCUT2D eigenvalue weighted by molar-refractivity contribution is 5.98. The Morgan fingerprint density at radius 1 is 0.973 bits per heavy atom. The summed E-state index contributed by atoms with van der Waals surface area (Å²) >= 11 is 0. The Morgan fingerprint density at radius 2 is 1.68 bits per heavy atom. The SMILES string of the molecule is CCCCCCCC(=O)O[C@@H]1[C@@H]2[C@H](C[C@@]1(C)C(=O)OC)C1C3C(=O)[C@H](OC(=O)c4ccccc4)[C@]2(C)[C@H]31. The third-order valence-corrected chi connectivity index (χ3v) is 9.86. The summed E-state index contributed by atoms with van der Waals surface area (Å²) in [6.07, 6.45) is 4.21. The van der Waals surface area contributed by atoms with E-state index in [-0.39, 0.29) is 41.3 Å². The molecule has 0 radical (unpaired) electrons. The number of carbonyl (C=O) groups excluding carboxylic acids is 4. The van der Waals surface area contributed by atoms with Gasteiger partial charge in [0.1, 0.15) is 11.5 Å². The molecule has 0 N–H and O–H groups in total. The zero-order valence-corrected chi connectivity index (χ0v) is 22.2. The molecule has 7 nitrogen and oxygen atoms in total. The molecule has 5 rings (SSSR count). The normalized spacial score (nSPS) is 38.6. The molecule has 1 aromatic rings. The summed E-state index contributed by atoms with van der Waals surface area (Å²) in [5.41, 5.74) is -1.31. The van der Waals surface area contributed by atoms with E-state index in [1.54, 1.807) is 24.3 Å². The predicted molar refractivity (Wildman–Crippen MR) is 134 cm³/mol. The predicted octanol–water partition coefficient (Wildman–Crippen LogP) is 4.76. The van der Waals surface area contributed by atoms with Gasteiger partial charge < -0.3 is 14.2 Å². The van der Waals surface area contributed by atoms with Gasteiger partial charge in [-0.05, 0) is 49.7 Å². The number of ether oxygens (including phenoxy) is 3. The highest BCUT2D eigenvalue weighted by atomic mass is 16.6. The van der Waals surface area contributed by atoms with Crippen molar-refractivity contribution < 1.29 is 33.4 Å². The third kappa shape index (κ3) is 3.91. The number of ketones is 1. The molecule has 4 saturated carbocycles. The van der Waals surface area contributed by atoms with Gasteiger partial charge in [0.2, 0.25) is 0 Å². The van der Waals surface area contributed by atoms with Gasteiger partial charge in [0.15, 0.2) is 11.9 Å². The Kier molecular flexibility index (Phi) is 6.70. The van der Waals surface area contributed by atoms with Crippen LogP contribution in [-0.2, 0) is 28.6 Å². The number of unbranched alkanes of at least 4 members (excludes halogenated alkanes) is 4. The second-order valence-electron chi connectivity index (χ2n) is 11.9. The van der Waals surface area contributed by atoms with Crippen LogP contribution in [0.15, 0.2) is 30.3 Å². The van der Waals surface area contributed by atoms with Gasteiger partial charge in [-0.2, -0.15) is 0 Å². The molecule has 4 fully saturated rings. The van der Waals surface area contributed by atoms with Crippen molar-refractivity contribution in [2.75, 3.05) is 7.11 Å². The maximum atomic E-state index is 13.4. The molecule has 0 heterocycles. The zero-order valence-electron chi connectivity index (χ0n) is 22.2. The van der Waals surface area contributed by atoms with Crippen LogP contribution in [0.4, 0.5) is 0 Å². The van der Waals surface area contributed by atoms with Crippen LogP contribution in [0.1, 0.15) is 76.1 Å². The summed E-state index contributed by atoms with van der Waals surface area (Å²) in [5.74, 6) is -1.44. The first-order valence-electron chi connectivity index (χ1n) is 13.8. The highest BCUT2D eigenvalue weighted by Crippen LogP contribution is 2.82. The van der Waals surface area contributed by atoms with Crippen LogP contribution in [-0.4, -0.2) is 43.0 Å². The quantitative estimate of drug-likeness (QED) is 0.254. The van der Waals surface area contributed by atoms with E-state index in [0.717, 1.165) is 32.1 Å². The fourth-order valence-corrected chi connectivity index (χ4v) is 8.25. The van der Waals surface area contributed by atoms with Gasteiger partial charge in [0.25, 0.3) is 0 Å². The standard InChI is InChI=1S/C30H38O7/c1-5-6-7-8-12-15-19(31)36-25-22-18(16-29(25,2)28(34)35-4)20-21-23(20)30(22,3)26(24(21)32)37-27(33)17-13-10-9-11-14-17/h9-11,13-14,18,20-23,25-26H,5-8,12,15-16H2,1-4H3/t18-,20?,21?,22+,23+,25-,26+,29-,30+/m1/s1. The van der Waals surface area contributed by atoms with E-state index in [1.807, 2.05) is 19.9 Å². The van der Waals surface area contributed by atoms with Crippen molar-refractivity contribution in [2.24, 2.45) is 40.4 Å². The van der Waals surface area contributed by atoms with E-state index < -0.39 is 35.0 Å². The van der Waals surface area contributed by atoms with Crippen molar-refractivity contribution in [2.45, 2.75) is 77.9 Å². The van der Waals surface area contributed by atoms with Gasteiger partial charge in [-0.25, -0.2) is 4.79 Å². The number of hydrogen-bond donors (Lipinski definition) is 0. The molecule has 1 aromatic carbocycles. The van der Waals surface area contributed by atoms with Crippen LogP contribution in [0, 0.1) is 40.4 Å². The first kappa shape index (κ1) is 25.9. The number of rotatable bonds is 10. The minimum Gasteiger partial charge on any atom is -0.468 e. The first-order valence-corrected chi connectivity index (χ1v) is 13.8. The molecule has 0 spiro atoms. The molecule has 37 heavy (non-hydrogen) atoms. The Balaban J connectivity index is 1.40. The monoisotopic (exact) mass is 510 g/mol. The van der Waals surface area contributed by atoms with Gasteiger partial charge in [-0.1, -0.05) is 57.7 Å². The van der Waals surface area contributed by atoms with E-state index in [4.69, 9.17) is 14.2 Å². The van der Waals surface area contributed by atoms with Gasteiger partial charge in [0.05, 0.1) is 12.7 Å². The maximum absolute atomic E-state index is 13.4. The van der Waals surface area contributed by atoms with Gasteiger partial charge in [-0.15, -0.1) is 0 Å². The van der Waals surface area contributed by atoms with Crippen molar-refractivity contribution >= 4 is 23.7 Å². The van der Waals surface area contributed by atoms with E-state index >= 15 is 0 Å². The third-order valence-electron chi connectivity index (χ3n) is 9.86. The second-order valence-corrected chi connectivity index (χ2v) is 11.9. The van der Waals surface area contributed by atoms with E-state index in [9.17, 15) is 19.2 Å². The Bertz CT molecular complexity index is 1080. The molecule has 0 aliphatic heterocycles. The average molecular weight is 511 g/mol. The highest BCUT2D eigenvalue weighted by Gasteiger charge is 2.87. The summed E-state index contributed by atoms with van der Waals surface area (Å²) in [6.45, 7) is 5.96. The number of esters is 3. The molecule has 0 amide bonds. The molecular formula is C30H38O7. The van der Waals surface area contributed by atoms with Gasteiger partial charge in [0, 0.05) is 23.7 Å². The van der Waals surface area contributed by atoms with Crippen molar-refractivity contribution in [3.63, 3.8) is 0 Å². The van der Waals surface area contributed by atoms with E-state index in [1.165, 1.54) is 7.11 Å². The number of benzene rings is 1. The van der Waals surface area contributed by atoms with Crippen LogP contribution >= 0.6 is 0 Å². The number of methoxy groups -OCH3 is 1. The van der Waals surface area contributed by atoms with Crippen molar-refractivity contribution in [1.82, 2.24) is 0 Å². The second kappa shape index (κ2) is 9.55. The summed E-state index contributed by atoms with van der Waals surface area (Å²) in [5, 5.41) is 0. The van der Waals surface area contributed by atoms with Crippen molar-refractivity contribution in [3.8, 4) is 0 Å². The maximum Gasteiger partial charge on any atom is 0.338 e. The lowest BCUT2D eigenvalue weighted by molar-refractivity contribution is -0.174. The molecule has 9 atom stereocenters. The molecule has 0 aromatic heterocycles. The number of Topliss-reactive ketones (excluding diaryl/α,β-unsaturated/α-hetero) is 1. The lowest BCUT2D eigenvalue weighted by atomic mass is 9.69. The van der Waals surface area contributed by atoms with Crippen LogP contribution in [0.3, 0.4) is 0 Å². The molecule has 7 heteroatoms. The van der Waals surface area contributed by atoms with Crippen molar-refractivity contribution in [1.29, 1.82) is 0 Å². The van der Waals surface area contributed by atoms with Crippen LogP contribution in [0.5, 0.6) is 0 Å². The summed E-state index contributed by atoms with van der Waals surface area (Å²) in [7, 11) is 1.36. The van der Waals surface area contributed by atoms with E-state index in [0.29, 0.717) is 18.4 Å². The van der Waals surface area contributed by atoms with Crippen LogP contribution < -0.4 is 0 Å². The molecule has 0 bridgehead atoms. The minimum absolute atomic E-state index is 0.0306. The number of fused-ring (bicyclic) bond motifs is 4. The van der Waals surface area contributed by atoms with Crippen LogP contribution in [0.2, 0.25) is 0 Å². The lowest BCUT2D eigenvalue weighted by Crippen LogP contribution is -2.50. The molecule has 200 valence electrons. The molecule has 4 aliphatic carbocycles.